The molecule has 3 aromatic rings. The van der Waals surface area contributed by atoms with Gasteiger partial charge in [-0.3, -0.25) is 9.59 Å². The minimum atomic E-state index is -2.91. The number of likely N-dealkylation sites (tertiary alicyclic amines) is 1. The lowest BCUT2D eigenvalue weighted by atomic mass is 10.1. The Balaban J connectivity index is 1.56. The summed E-state index contributed by atoms with van der Waals surface area (Å²) in [6, 6.07) is 2.24. The molecular formula is C19H18ClF2N5O2S. The van der Waals surface area contributed by atoms with Crippen LogP contribution < -0.4 is 5.32 Å². The van der Waals surface area contributed by atoms with E-state index in [1.807, 2.05) is 6.92 Å². The third-order valence-electron chi connectivity index (χ3n) is 4.84. The molecular weight excluding hydrogens is 436 g/mol. The number of H-pyrrole nitrogens is 1. The number of rotatable bonds is 5. The van der Waals surface area contributed by atoms with Crippen LogP contribution in [-0.4, -0.2) is 56.7 Å². The number of carbonyl (C=O) groups excluding carboxylic acids is 2. The van der Waals surface area contributed by atoms with Crippen LogP contribution in [0.5, 0.6) is 0 Å². The van der Waals surface area contributed by atoms with Crippen molar-refractivity contribution in [2.24, 2.45) is 0 Å². The minimum Gasteiger partial charge on any atom is -0.339 e. The molecule has 158 valence electrons. The summed E-state index contributed by atoms with van der Waals surface area (Å²) < 4.78 is 27.2. The van der Waals surface area contributed by atoms with E-state index in [4.69, 9.17) is 11.6 Å². The summed E-state index contributed by atoms with van der Waals surface area (Å²) in [5.74, 6) is -3.98. The first-order chi connectivity index (χ1) is 14.2. The highest BCUT2D eigenvalue weighted by Crippen LogP contribution is 2.28. The van der Waals surface area contributed by atoms with E-state index in [-0.39, 0.29) is 25.1 Å². The molecule has 4 rings (SSSR count). The number of alkyl halides is 2. The molecule has 30 heavy (non-hydrogen) atoms. The first-order valence-corrected chi connectivity index (χ1v) is 10.4. The maximum Gasteiger partial charge on any atom is 0.268 e. The van der Waals surface area contributed by atoms with Crippen LogP contribution in [0.1, 0.15) is 26.8 Å². The fraction of sp³-hybridized carbons (Fsp3) is 0.368. The summed E-state index contributed by atoms with van der Waals surface area (Å²) in [6.07, 6.45) is 2.87. The number of pyridine rings is 1. The maximum atomic E-state index is 13.6. The zero-order valence-electron chi connectivity index (χ0n) is 15.9. The number of aromatic nitrogens is 3. The summed E-state index contributed by atoms with van der Waals surface area (Å²) in [7, 11) is 0. The lowest BCUT2D eigenvalue weighted by Crippen LogP contribution is -2.49. The van der Waals surface area contributed by atoms with Crippen molar-refractivity contribution in [1.82, 2.24) is 25.2 Å². The normalized spacial score (nSPS) is 16.7. The molecule has 1 atom stereocenters. The van der Waals surface area contributed by atoms with Crippen LogP contribution in [0, 0.1) is 6.92 Å². The van der Waals surface area contributed by atoms with E-state index in [9.17, 15) is 18.4 Å². The van der Waals surface area contributed by atoms with Gasteiger partial charge < -0.3 is 15.2 Å². The van der Waals surface area contributed by atoms with Gasteiger partial charge in [-0.1, -0.05) is 11.6 Å². The molecule has 0 aliphatic carbocycles. The van der Waals surface area contributed by atoms with Crippen molar-refractivity contribution < 1.29 is 18.4 Å². The van der Waals surface area contributed by atoms with Crippen molar-refractivity contribution in [1.29, 1.82) is 0 Å². The van der Waals surface area contributed by atoms with Crippen LogP contribution in [0.25, 0.3) is 11.0 Å². The number of hydrogen-bond acceptors (Lipinski definition) is 5. The van der Waals surface area contributed by atoms with E-state index >= 15 is 0 Å². The zero-order chi connectivity index (χ0) is 21.5. The van der Waals surface area contributed by atoms with Crippen molar-refractivity contribution in [3.8, 4) is 0 Å². The summed E-state index contributed by atoms with van der Waals surface area (Å²) in [6.45, 7) is 1.14. The average molecular weight is 454 g/mol. The van der Waals surface area contributed by atoms with Crippen molar-refractivity contribution in [2.45, 2.75) is 31.7 Å². The van der Waals surface area contributed by atoms with Gasteiger partial charge in [-0.05, 0) is 19.1 Å². The number of nitrogens with one attached hydrogen (secondary N) is 2. The minimum absolute atomic E-state index is 0.0469. The fourth-order valence-electron chi connectivity index (χ4n) is 3.39. The SMILES string of the molecule is Cc1ncc(CC(NC(=O)c2cc3cc(Cl)cnc3[nH]2)C(=O)N2CCC(F)(F)C2)s1. The van der Waals surface area contributed by atoms with E-state index in [2.05, 4.69) is 20.3 Å². The largest absolute Gasteiger partial charge is 0.339 e. The Morgan fingerprint density at radius 2 is 2.17 bits per heavy atom. The molecule has 2 N–H and O–H groups in total. The molecule has 1 aliphatic rings. The molecule has 3 aromatic heterocycles. The summed E-state index contributed by atoms with van der Waals surface area (Å²) >= 11 is 7.32. The van der Waals surface area contributed by atoms with Gasteiger partial charge in [-0.15, -0.1) is 11.3 Å². The number of aromatic amines is 1. The van der Waals surface area contributed by atoms with E-state index in [0.29, 0.717) is 16.1 Å². The van der Waals surface area contributed by atoms with Gasteiger partial charge in [0.25, 0.3) is 11.8 Å². The Morgan fingerprint density at radius 1 is 1.37 bits per heavy atom. The smallest absolute Gasteiger partial charge is 0.268 e. The van der Waals surface area contributed by atoms with Crippen LogP contribution in [0.4, 0.5) is 8.78 Å². The molecule has 0 radical (unpaired) electrons. The lowest BCUT2D eigenvalue weighted by molar-refractivity contribution is -0.133. The highest BCUT2D eigenvalue weighted by atomic mass is 35.5. The molecule has 7 nitrogen and oxygen atoms in total. The summed E-state index contributed by atoms with van der Waals surface area (Å²) in [4.78, 5) is 38.8. The molecule has 1 unspecified atom stereocenters. The topological polar surface area (TPSA) is 91.0 Å². The predicted molar refractivity (Wildman–Crippen MR) is 109 cm³/mol. The highest BCUT2D eigenvalue weighted by Gasteiger charge is 2.42. The molecule has 1 aliphatic heterocycles. The van der Waals surface area contributed by atoms with Crippen LogP contribution >= 0.6 is 22.9 Å². The highest BCUT2D eigenvalue weighted by molar-refractivity contribution is 7.11. The van der Waals surface area contributed by atoms with E-state index in [0.717, 1.165) is 14.8 Å². The van der Waals surface area contributed by atoms with Gasteiger partial charge in [0.05, 0.1) is 16.6 Å². The quantitative estimate of drug-likeness (QED) is 0.620. The molecule has 2 amide bonds. The zero-order valence-corrected chi connectivity index (χ0v) is 17.5. The molecule has 1 saturated heterocycles. The van der Waals surface area contributed by atoms with Crippen LogP contribution in [0.3, 0.4) is 0 Å². The predicted octanol–water partition coefficient (Wildman–Crippen LogP) is 3.19. The number of hydrogen-bond donors (Lipinski definition) is 2. The third-order valence-corrected chi connectivity index (χ3v) is 5.98. The summed E-state index contributed by atoms with van der Waals surface area (Å²) in [5.41, 5.74) is 0.675. The van der Waals surface area contributed by atoms with Crippen LogP contribution in [-0.2, 0) is 11.2 Å². The maximum absolute atomic E-state index is 13.6. The Morgan fingerprint density at radius 3 is 2.83 bits per heavy atom. The molecule has 4 heterocycles. The van der Waals surface area contributed by atoms with Gasteiger partial charge in [-0.25, -0.2) is 18.7 Å². The van der Waals surface area contributed by atoms with Crippen molar-refractivity contribution in [3.05, 3.63) is 45.1 Å². The number of halogens is 3. The Labute approximate surface area is 179 Å². The molecule has 11 heteroatoms. The van der Waals surface area contributed by atoms with Gasteiger partial charge in [0.2, 0.25) is 5.91 Å². The van der Waals surface area contributed by atoms with Gasteiger partial charge in [0.15, 0.2) is 0 Å². The molecule has 0 spiro atoms. The van der Waals surface area contributed by atoms with Crippen molar-refractivity contribution in [2.75, 3.05) is 13.1 Å². The van der Waals surface area contributed by atoms with Crippen molar-refractivity contribution >= 4 is 45.8 Å². The second-order valence-electron chi connectivity index (χ2n) is 7.22. The first-order valence-electron chi connectivity index (χ1n) is 9.23. The standard InChI is InChI=1S/C19H18ClF2N5O2S/c1-10-23-8-13(30-10)6-15(18(29)27-3-2-19(21,22)9-27)26-17(28)14-5-11-4-12(20)7-24-16(11)25-14/h4-5,7-8,15H,2-3,6,9H2,1H3,(H,24,25)(H,26,28). The van der Waals surface area contributed by atoms with Crippen molar-refractivity contribution in [3.63, 3.8) is 0 Å². The van der Waals surface area contributed by atoms with Gasteiger partial charge in [0.1, 0.15) is 17.4 Å². The number of aryl methyl sites for hydroxylation is 1. The second-order valence-corrected chi connectivity index (χ2v) is 8.97. The number of carbonyl (C=O) groups is 2. The Kier molecular flexibility index (Phi) is 5.46. The molecule has 1 fully saturated rings. The Hall–Kier alpha value is -2.59. The fourth-order valence-corrected chi connectivity index (χ4v) is 4.40. The monoisotopic (exact) mass is 453 g/mol. The number of thiazole rings is 1. The average Bonchev–Trinajstić information content (AvgIpc) is 3.38. The van der Waals surface area contributed by atoms with E-state index < -0.39 is 30.3 Å². The summed E-state index contributed by atoms with van der Waals surface area (Å²) in [5, 5.41) is 4.57. The van der Waals surface area contributed by atoms with Gasteiger partial charge in [-0.2, -0.15) is 0 Å². The molecule has 0 bridgehead atoms. The first kappa shape index (κ1) is 20.7. The second kappa shape index (κ2) is 7.92. The Bertz CT molecular complexity index is 1120. The van der Waals surface area contributed by atoms with Crippen LogP contribution in [0.15, 0.2) is 24.5 Å². The van der Waals surface area contributed by atoms with Gasteiger partial charge in [0, 0.05) is 42.0 Å². The van der Waals surface area contributed by atoms with Crippen LogP contribution in [0.2, 0.25) is 5.02 Å². The van der Waals surface area contributed by atoms with E-state index in [1.165, 1.54) is 17.5 Å². The third kappa shape index (κ3) is 4.44. The van der Waals surface area contributed by atoms with Gasteiger partial charge >= 0.3 is 0 Å². The number of nitrogens with zero attached hydrogens (tertiary/aromatic N) is 3. The molecule has 0 saturated carbocycles. The number of fused-ring (bicyclic) bond motifs is 1. The lowest BCUT2D eigenvalue weighted by Gasteiger charge is -2.23. The van der Waals surface area contributed by atoms with E-state index in [1.54, 1.807) is 18.3 Å². The molecule has 0 aromatic carbocycles. The number of amides is 2.